The largest absolute Gasteiger partial charge is 0.326 e. The molecule has 0 amide bonds. The lowest BCUT2D eigenvalue weighted by molar-refractivity contribution is 0.495. The molecule has 1 rings (SSSR count). The highest BCUT2D eigenvalue weighted by Gasteiger charge is 2.08. The minimum atomic E-state index is -0.590. The average Bonchev–Trinajstić information content (AvgIpc) is 2.09. The summed E-state index contributed by atoms with van der Waals surface area (Å²) < 4.78 is 13.7. The number of aryl methyl sites for hydroxylation is 1. The Balaban J connectivity index is 3.34. The second-order valence-corrected chi connectivity index (χ2v) is 1.97. The van der Waals surface area contributed by atoms with Crippen LogP contribution in [0.3, 0.4) is 0 Å². The summed E-state index contributed by atoms with van der Waals surface area (Å²) in [6.45, 7) is -0.0675. The number of nitrogens with one attached hydrogen (secondary N) is 1. The lowest BCUT2D eigenvalue weighted by atomic mass is 10.3. The normalized spacial score (nSPS) is 10.3. The topological polar surface area (TPSA) is 63.8 Å². The molecule has 0 aromatic carbocycles. The zero-order valence-corrected chi connectivity index (χ0v) is 5.52. The van der Waals surface area contributed by atoms with Gasteiger partial charge in [-0.2, -0.15) is 4.39 Å². The van der Waals surface area contributed by atoms with E-state index in [-0.39, 0.29) is 12.1 Å². The Morgan fingerprint density at radius 3 is 2.60 bits per heavy atom. The van der Waals surface area contributed by atoms with Crippen LogP contribution in [0.1, 0.15) is 5.56 Å². The summed E-state index contributed by atoms with van der Waals surface area (Å²) in [7, 11) is 1.41. The summed E-state index contributed by atoms with van der Waals surface area (Å²) >= 11 is 0. The number of H-pyrrole nitrogens is 1. The predicted octanol–water partition coefficient (Wildman–Crippen LogP) is -0.689. The van der Waals surface area contributed by atoms with Gasteiger partial charge in [0.1, 0.15) is 0 Å². The first-order valence-electron chi connectivity index (χ1n) is 2.80. The monoisotopic (exact) mass is 145 g/mol. The fraction of sp³-hybridized carbons (Fsp3) is 0.400. The zero-order valence-electron chi connectivity index (χ0n) is 5.52. The smallest absolute Gasteiger partial charge is 0.271 e. The lowest BCUT2D eigenvalue weighted by Crippen LogP contribution is -2.10. The van der Waals surface area contributed by atoms with Crippen molar-refractivity contribution in [3.8, 4) is 0 Å². The van der Waals surface area contributed by atoms with E-state index in [0.717, 1.165) is 4.68 Å². The Morgan fingerprint density at radius 1 is 1.80 bits per heavy atom. The summed E-state index contributed by atoms with van der Waals surface area (Å²) in [6, 6.07) is 0. The van der Waals surface area contributed by atoms with E-state index in [0.29, 0.717) is 0 Å². The van der Waals surface area contributed by atoms with Crippen molar-refractivity contribution in [3.05, 3.63) is 21.9 Å². The molecule has 0 atom stereocenters. The Kier molecular flexibility index (Phi) is 1.58. The van der Waals surface area contributed by atoms with Gasteiger partial charge in [0.15, 0.2) is 0 Å². The van der Waals surface area contributed by atoms with Gasteiger partial charge in [-0.25, -0.2) is 0 Å². The van der Waals surface area contributed by atoms with Gasteiger partial charge in [-0.1, -0.05) is 0 Å². The molecule has 1 aromatic heterocycles. The van der Waals surface area contributed by atoms with E-state index < -0.39 is 11.5 Å². The molecule has 0 unspecified atom stereocenters. The molecule has 5 heteroatoms. The zero-order chi connectivity index (χ0) is 7.72. The third kappa shape index (κ3) is 0.841. The minimum absolute atomic E-state index is 0.00231. The molecule has 0 radical (unpaired) electrons. The molecule has 0 aliphatic rings. The van der Waals surface area contributed by atoms with Gasteiger partial charge < -0.3 is 5.73 Å². The fourth-order valence-corrected chi connectivity index (χ4v) is 0.742. The Hall–Kier alpha value is -1.10. The summed E-state index contributed by atoms with van der Waals surface area (Å²) in [6.07, 6.45) is 0. The van der Waals surface area contributed by atoms with Crippen LogP contribution in [0, 0.1) is 5.95 Å². The number of hydrogen-bond donors (Lipinski definition) is 2. The highest BCUT2D eigenvalue weighted by atomic mass is 19.1. The number of hydrogen-bond acceptors (Lipinski definition) is 2. The highest BCUT2D eigenvalue weighted by molar-refractivity contribution is 5.05. The summed E-state index contributed by atoms with van der Waals surface area (Å²) in [5, 5.41) is 2.23. The van der Waals surface area contributed by atoms with Gasteiger partial charge in [0, 0.05) is 13.6 Å². The summed E-state index contributed by atoms with van der Waals surface area (Å²) in [5.74, 6) is -0.590. The average molecular weight is 145 g/mol. The van der Waals surface area contributed by atoms with Crippen molar-refractivity contribution < 1.29 is 4.39 Å². The van der Waals surface area contributed by atoms with Crippen LogP contribution in [0.2, 0.25) is 0 Å². The second kappa shape index (κ2) is 2.26. The highest BCUT2D eigenvalue weighted by Crippen LogP contribution is 1.96. The molecule has 0 saturated carbocycles. The molecule has 0 aliphatic heterocycles. The Labute approximate surface area is 56.4 Å². The lowest BCUT2D eigenvalue weighted by Gasteiger charge is -1.89. The third-order valence-electron chi connectivity index (χ3n) is 1.29. The summed E-state index contributed by atoms with van der Waals surface area (Å²) in [5.41, 5.74) is 4.64. The van der Waals surface area contributed by atoms with E-state index in [1.165, 1.54) is 7.05 Å². The molecular weight excluding hydrogens is 137 g/mol. The molecule has 10 heavy (non-hydrogen) atoms. The van der Waals surface area contributed by atoms with Crippen LogP contribution in [0.4, 0.5) is 4.39 Å². The van der Waals surface area contributed by atoms with Gasteiger partial charge in [-0.15, -0.1) is 0 Å². The number of nitrogens with two attached hydrogens (primary N) is 1. The molecule has 0 saturated heterocycles. The van der Waals surface area contributed by atoms with Crippen LogP contribution in [-0.2, 0) is 13.6 Å². The number of halogens is 1. The predicted molar refractivity (Wildman–Crippen MR) is 33.9 cm³/mol. The van der Waals surface area contributed by atoms with Crippen molar-refractivity contribution in [1.82, 2.24) is 9.78 Å². The van der Waals surface area contributed by atoms with Crippen molar-refractivity contribution >= 4 is 0 Å². The van der Waals surface area contributed by atoms with E-state index in [4.69, 9.17) is 5.73 Å². The van der Waals surface area contributed by atoms with E-state index in [9.17, 15) is 9.18 Å². The van der Waals surface area contributed by atoms with E-state index in [1.807, 2.05) is 0 Å². The van der Waals surface area contributed by atoms with Gasteiger partial charge in [0.25, 0.3) is 5.56 Å². The van der Waals surface area contributed by atoms with Crippen LogP contribution in [-0.4, -0.2) is 9.78 Å². The van der Waals surface area contributed by atoms with Gasteiger partial charge in [0.05, 0.1) is 5.56 Å². The van der Waals surface area contributed by atoms with Crippen LogP contribution in [0.15, 0.2) is 4.79 Å². The molecule has 1 heterocycles. The maximum atomic E-state index is 12.7. The SMILES string of the molecule is Cn1[nH]c(=O)c(CN)c1F. The van der Waals surface area contributed by atoms with Gasteiger partial charge in [-0.05, 0) is 0 Å². The first-order valence-corrected chi connectivity index (χ1v) is 2.80. The molecule has 4 nitrogen and oxygen atoms in total. The quantitative estimate of drug-likeness (QED) is 0.549. The van der Waals surface area contributed by atoms with Crippen molar-refractivity contribution in [1.29, 1.82) is 0 Å². The van der Waals surface area contributed by atoms with Crippen molar-refractivity contribution in [2.45, 2.75) is 6.54 Å². The van der Waals surface area contributed by atoms with Crippen LogP contribution < -0.4 is 11.3 Å². The number of nitrogens with zero attached hydrogens (tertiary/aromatic N) is 1. The maximum absolute atomic E-state index is 12.7. The Morgan fingerprint density at radius 2 is 2.40 bits per heavy atom. The molecule has 3 N–H and O–H groups in total. The molecule has 0 fully saturated rings. The van der Waals surface area contributed by atoms with E-state index in [1.54, 1.807) is 0 Å². The van der Waals surface area contributed by atoms with E-state index in [2.05, 4.69) is 5.10 Å². The summed E-state index contributed by atoms with van der Waals surface area (Å²) in [4.78, 5) is 10.7. The molecule has 1 aromatic rings. The fourth-order valence-electron chi connectivity index (χ4n) is 0.742. The van der Waals surface area contributed by atoms with Crippen molar-refractivity contribution in [2.75, 3.05) is 0 Å². The van der Waals surface area contributed by atoms with Gasteiger partial charge >= 0.3 is 0 Å². The number of aromatic amines is 1. The number of aromatic nitrogens is 2. The van der Waals surface area contributed by atoms with Crippen molar-refractivity contribution in [2.24, 2.45) is 12.8 Å². The number of rotatable bonds is 1. The first-order chi connectivity index (χ1) is 4.66. The molecule has 56 valence electrons. The van der Waals surface area contributed by atoms with Crippen LogP contribution in [0.5, 0.6) is 0 Å². The molecular formula is C5H8FN3O. The third-order valence-corrected chi connectivity index (χ3v) is 1.29. The standard InChI is InChI=1S/C5H8FN3O/c1-9-4(6)3(2-7)5(10)8-9/h2,7H2,1H3,(H,8,10). The first kappa shape index (κ1) is 7.01. The van der Waals surface area contributed by atoms with Crippen LogP contribution >= 0.6 is 0 Å². The Bertz CT molecular complexity index is 288. The molecule has 0 aliphatic carbocycles. The minimum Gasteiger partial charge on any atom is -0.326 e. The van der Waals surface area contributed by atoms with Gasteiger partial charge in [-0.3, -0.25) is 14.6 Å². The van der Waals surface area contributed by atoms with Crippen LogP contribution in [0.25, 0.3) is 0 Å². The van der Waals surface area contributed by atoms with Gasteiger partial charge in [0.2, 0.25) is 5.95 Å². The molecule has 0 bridgehead atoms. The second-order valence-electron chi connectivity index (χ2n) is 1.97. The maximum Gasteiger partial charge on any atom is 0.271 e. The molecule has 0 spiro atoms. The van der Waals surface area contributed by atoms with E-state index >= 15 is 0 Å². The van der Waals surface area contributed by atoms with Crippen molar-refractivity contribution in [3.63, 3.8) is 0 Å².